The molecular weight excluding hydrogens is 271 g/mol. The van der Waals surface area contributed by atoms with Crippen molar-refractivity contribution in [3.8, 4) is 0 Å². The zero-order valence-corrected chi connectivity index (χ0v) is 14.5. The van der Waals surface area contributed by atoms with E-state index in [2.05, 4.69) is 64.6 Å². The monoisotopic (exact) mass is 300 g/mol. The summed E-state index contributed by atoms with van der Waals surface area (Å²) in [5.74, 6) is 0.549. The van der Waals surface area contributed by atoms with Crippen LogP contribution in [0.25, 0.3) is 0 Å². The molecule has 1 aliphatic rings. The predicted molar refractivity (Wildman–Crippen MR) is 94.0 cm³/mol. The van der Waals surface area contributed by atoms with E-state index in [9.17, 15) is 0 Å². The highest BCUT2D eigenvalue weighted by Gasteiger charge is 2.51. The summed E-state index contributed by atoms with van der Waals surface area (Å²) in [4.78, 5) is 0. The summed E-state index contributed by atoms with van der Waals surface area (Å²) >= 11 is 0. The fraction of sp³-hybridized carbons (Fsp3) is 0.579. The van der Waals surface area contributed by atoms with E-state index in [-0.39, 0.29) is 18.3 Å². The molecule has 0 amide bonds. The van der Waals surface area contributed by atoms with Gasteiger partial charge in [-0.3, -0.25) is 0 Å². The van der Waals surface area contributed by atoms with Crippen LogP contribution in [0.5, 0.6) is 0 Å². The molecular formula is C19H29BO2. The van der Waals surface area contributed by atoms with E-state index in [0.717, 1.165) is 25.6 Å². The van der Waals surface area contributed by atoms with Crippen molar-refractivity contribution in [3.63, 3.8) is 0 Å². The van der Waals surface area contributed by atoms with Crippen LogP contribution >= 0.6 is 0 Å². The molecule has 1 aliphatic heterocycles. The molecule has 0 spiro atoms. The average molecular weight is 300 g/mol. The van der Waals surface area contributed by atoms with Crippen LogP contribution in [0.1, 0.15) is 46.1 Å². The molecule has 0 radical (unpaired) electrons. The molecule has 120 valence electrons. The first-order valence-electron chi connectivity index (χ1n) is 8.34. The smallest absolute Gasteiger partial charge is 0.403 e. The molecule has 0 saturated carbocycles. The molecule has 0 aliphatic carbocycles. The third-order valence-electron chi connectivity index (χ3n) is 5.01. The molecule has 1 fully saturated rings. The van der Waals surface area contributed by atoms with E-state index in [1.54, 1.807) is 0 Å². The minimum absolute atomic E-state index is 0.106. The lowest BCUT2D eigenvalue weighted by Gasteiger charge is -2.32. The zero-order valence-electron chi connectivity index (χ0n) is 14.5. The molecule has 0 N–H and O–H groups in total. The average Bonchev–Trinajstić information content (AvgIpc) is 2.65. The van der Waals surface area contributed by atoms with Gasteiger partial charge in [-0.1, -0.05) is 36.4 Å². The van der Waals surface area contributed by atoms with Crippen LogP contribution < -0.4 is 0 Å². The highest BCUT2D eigenvalue weighted by atomic mass is 16.7. The molecule has 0 bridgehead atoms. The van der Waals surface area contributed by atoms with E-state index < -0.39 is 0 Å². The van der Waals surface area contributed by atoms with Crippen LogP contribution in [-0.4, -0.2) is 18.3 Å². The van der Waals surface area contributed by atoms with Crippen LogP contribution in [0.4, 0.5) is 0 Å². The summed E-state index contributed by atoms with van der Waals surface area (Å²) < 4.78 is 12.3. The second-order valence-electron chi connectivity index (χ2n) is 7.34. The SMILES string of the molecule is C=CCC(CCc1ccccc1)CB1OC(C)(C)C(C)(C)O1. The summed E-state index contributed by atoms with van der Waals surface area (Å²) in [5.41, 5.74) is 0.913. The molecule has 1 aromatic carbocycles. The number of allylic oxidation sites excluding steroid dienone is 1. The first-order chi connectivity index (χ1) is 10.3. The summed E-state index contributed by atoms with van der Waals surface area (Å²) in [7, 11) is -0.106. The highest BCUT2D eigenvalue weighted by Crippen LogP contribution is 2.39. The number of aryl methyl sites for hydroxylation is 1. The molecule has 1 saturated heterocycles. The van der Waals surface area contributed by atoms with Gasteiger partial charge in [0.15, 0.2) is 0 Å². The first kappa shape index (κ1) is 17.3. The van der Waals surface area contributed by atoms with Crippen LogP contribution in [0.15, 0.2) is 43.0 Å². The number of rotatable bonds is 7. The first-order valence-corrected chi connectivity index (χ1v) is 8.34. The van der Waals surface area contributed by atoms with Gasteiger partial charge in [0.05, 0.1) is 11.2 Å². The molecule has 1 aromatic rings. The summed E-state index contributed by atoms with van der Waals surface area (Å²) in [6, 6.07) is 10.7. The fourth-order valence-corrected chi connectivity index (χ4v) is 2.92. The van der Waals surface area contributed by atoms with Crippen molar-refractivity contribution in [1.82, 2.24) is 0 Å². The topological polar surface area (TPSA) is 18.5 Å². The van der Waals surface area contributed by atoms with Gasteiger partial charge in [0.25, 0.3) is 0 Å². The molecule has 1 unspecified atom stereocenters. The van der Waals surface area contributed by atoms with Crippen molar-refractivity contribution in [2.24, 2.45) is 5.92 Å². The molecule has 0 aromatic heterocycles. The molecule has 1 atom stereocenters. The Morgan fingerprint density at radius 2 is 1.68 bits per heavy atom. The molecule has 2 nitrogen and oxygen atoms in total. The van der Waals surface area contributed by atoms with Crippen molar-refractivity contribution in [2.45, 2.75) is 64.5 Å². The van der Waals surface area contributed by atoms with E-state index in [1.165, 1.54) is 5.56 Å². The van der Waals surface area contributed by atoms with Gasteiger partial charge in [-0.2, -0.15) is 0 Å². The van der Waals surface area contributed by atoms with E-state index in [1.807, 2.05) is 6.08 Å². The van der Waals surface area contributed by atoms with Crippen molar-refractivity contribution in [1.29, 1.82) is 0 Å². The van der Waals surface area contributed by atoms with Gasteiger partial charge < -0.3 is 9.31 Å². The Morgan fingerprint density at radius 3 is 2.23 bits per heavy atom. The second-order valence-corrected chi connectivity index (χ2v) is 7.34. The summed E-state index contributed by atoms with van der Waals surface area (Å²) in [5, 5.41) is 0. The van der Waals surface area contributed by atoms with Crippen molar-refractivity contribution in [3.05, 3.63) is 48.6 Å². The Bertz CT molecular complexity index is 465. The summed E-state index contributed by atoms with van der Waals surface area (Å²) in [6.45, 7) is 12.3. The van der Waals surface area contributed by atoms with Gasteiger partial charge in [0.1, 0.15) is 0 Å². The van der Waals surface area contributed by atoms with E-state index in [4.69, 9.17) is 9.31 Å². The lowest BCUT2D eigenvalue weighted by atomic mass is 9.74. The van der Waals surface area contributed by atoms with Crippen molar-refractivity contribution >= 4 is 7.12 Å². The third-order valence-corrected chi connectivity index (χ3v) is 5.01. The van der Waals surface area contributed by atoms with Crippen LogP contribution in [0.2, 0.25) is 6.32 Å². The van der Waals surface area contributed by atoms with Crippen molar-refractivity contribution in [2.75, 3.05) is 0 Å². The number of hydrogen-bond acceptors (Lipinski definition) is 2. The van der Waals surface area contributed by atoms with Gasteiger partial charge in [0.2, 0.25) is 0 Å². The maximum absolute atomic E-state index is 6.14. The van der Waals surface area contributed by atoms with Gasteiger partial charge in [-0.25, -0.2) is 0 Å². The number of hydrogen-bond donors (Lipinski definition) is 0. The normalized spacial score (nSPS) is 20.8. The highest BCUT2D eigenvalue weighted by molar-refractivity contribution is 6.45. The quantitative estimate of drug-likeness (QED) is 0.526. The largest absolute Gasteiger partial charge is 0.458 e. The molecule has 1 heterocycles. The Labute approximate surface area is 136 Å². The predicted octanol–water partition coefficient (Wildman–Crippen LogP) is 4.90. The van der Waals surface area contributed by atoms with Gasteiger partial charge in [-0.15, -0.1) is 6.58 Å². The Hall–Kier alpha value is -1.06. The van der Waals surface area contributed by atoms with Gasteiger partial charge >= 0.3 is 7.12 Å². The standard InChI is InChI=1S/C19H29BO2/c1-6-10-17(14-13-16-11-8-7-9-12-16)15-20-21-18(2,3)19(4,5)22-20/h6-9,11-12,17H,1,10,13-15H2,2-5H3. The second kappa shape index (κ2) is 7.01. The van der Waals surface area contributed by atoms with Crippen LogP contribution in [0.3, 0.4) is 0 Å². The lowest BCUT2D eigenvalue weighted by molar-refractivity contribution is 0.00578. The zero-order chi connectivity index (χ0) is 16.2. The third kappa shape index (κ3) is 4.24. The Morgan fingerprint density at radius 1 is 1.09 bits per heavy atom. The van der Waals surface area contributed by atoms with Crippen LogP contribution in [-0.2, 0) is 15.7 Å². The van der Waals surface area contributed by atoms with E-state index >= 15 is 0 Å². The van der Waals surface area contributed by atoms with Crippen molar-refractivity contribution < 1.29 is 9.31 Å². The van der Waals surface area contributed by atoms with Gasteiger partial charge in [0, 0.05) is 0 Å². The Kier molecular flexibility index (Phi) is 5.52. The minimum Gasteiger partial charge on any atom is -0.403 e. The minimum atomic E-state index is -0.240. The summed E-state index contributed by atoms with van der Waals surface area (Å²) in [6.07, 6.45) is 6.20. The maximum atomic E-state index is 6.14. The van der Waals surface area contributed by atoms with Crippen LogP contribution in [0, 0.1) is 5.92 Å². The molecule has 2 rings (SSSR count). The fourth-order valence-electron chi connectivity index (χ4n) is 2.92. The number of benzene rings is 1. The molecule has 22 heavy (non-hydrogen) atoms. The lowest BCUT2D eigenvalue weighted by Crippen LogP contribution is -2.41. The van der Waals surface area contributed by atoms with E-state index in [0.29, 0.717) is 5.92 Å². The Balaban J connectivity index is 1.91. The maximum Gasteiger partial charge on any atom is 0.458 e. The van der Waals surface area contributed by atoms with Gasteiger partial charge in [-0.05, 0) is 64.8 Å². The molecule has 3 heteroatoms.